The standard InChI is InChI=1S/C9H9FN4O/c1-9(7(15)13-8(11)14-9)6-3-2-5(10)4-12-6/h2-4H,1H3,(H3,11,13,14,15). The van der Waals surface area contributed by atoms with Gasteiger partial charge in [-0.15, -0.1) is 0 Å². The van der Waals surface area contributed by atoms with Gasteiger partial charge in [-0.1, -0.05) is 0 Å². The van der Waals surface area contributed by atoms with Crippen LogP contribution in [0.2, 0.25) is 0 Å². The molecule has 1 amide bonds. The molecule has 6 heteroatoms. The molecular weight excluding hydrogens is 199 g/mol. The van der Waals surface area contributed by atoms with E-state index in [1.54, 1.807) is 6.92 Å². The van der Waals surface area contributed by atoms with Gasteiger partial charge in [0.15, 0.2) is 11.5 Å². The van der Waals surface area contributed by atoms with Crippen molar-refractivity contribution in [3.63, 3.8) is 0 Å². The molecule has 78 valence electrons. The topological polar surface area (TPSA) is 80.4 Å². The second-order valence-corrected chi connectivity index (χ2v) is 3.39. The Bertz CT molecular complexity index is 442. The normalized spacial score (nSPS) is 24.9. The SMILES string of the molecule is CC1(c2ccc(F)cn2)N=C(N)NC1=O. The molecule has 0 saturated carbocycles. The molecule has 1 aromatic heterocycles. The zero-order chi connectivity index (χ0) is 11.1. The van der Waals surface area contributed by atoms with Crippen LogP contribution in [0.3, 0.4) is 0 Å². The molecule has 15 heavy (non-hydrogen) atoms. The third kappa shape index (κ3) is 1.43. The fourth-order valence-electron chi connectivity index (χ4n) is 1.40. The Hall–Kier alpha value is -1.98. The number of carbonyl (C=O) groups excluding carboxylic acids is 1. The van der Waals surface area contributed by atoms with E-state index in [2.05, 4.69) is 15.3 Å². The quantitative estimate of drug-likeness (QED) is 0.675. The first-order valence-electron chi connectivity index (χ1n) is 4.31. The van der Waals surface area contributed by atoms with E-state index >= 15 is 0 Å². The van der Waals surface area contributed by atoms with E-state index in [0.29, 0.717) is 5.69 Å². The van der Waals surface area contributed by atoms with E-state index in [1.807, 2.05) is 0 Å². The van der Waals surface area contributed by atoms with E-state index in [1.165, 1.54) is 12.1 Å². The zero-order valence-corrected chi connectivity index (χ0v) is 7.99. The lowest BCUT2D eigenvalue weighted by molar-refractivity contribution is -0.123. The molecule has 5 nitrogen and oxygen atoms in total. The van der Waals surface area contributed by atoms with Crippen LogP contribution < -0.4 is 11.1 Å². The molecule has 1 aliphatic rings. The molecule has 2 heterocycles. The smallest absolute Gasteiger partial charge is 0.260 e. The molecule has 0 aromatic carbocycles. The van der Waals surface area contributed by atoms with Crippen LogP contribution in [0, 0.1) is 5.82 Å². The van der Waals surface area contributed by atoms with Crippen LogP contribution in [0.4, 0.5) is 4.39 Å². The largest absolute Gasteiger partial charge is 0.370 e. The minimum absolute atomic E-state index is 0.0497. The van der Waals surface area contributed by atoms with Crippen LogP contribution in [-0.2, 0) is 10.3 Å². The highest BCUT2D eigenvalue weighted by Crippen LogP contribution is 2.26. The number of aromatic nitrogens is 1. The molecule has 0 fully saturated rings. The Kier molecular flexibility index (Phi) is 1.92. The molecule has 2 rings (SSSR count). The van der Waals surface area contributed by atoms with Gasteiger partial charge < -0.3 is 5.73 Å². The molecular formula is C9H9FN4O. The van der Waals surface area contributed by atoms with Gasteiger partial charge >= 0.3 is 0 Å². The Morgan fingerprint density at radius 1 is 1.53 bits per heavy atom. The van der Waals surface area contributed by atoms with Crippen molar-refractivity contribution < 1.29 is 9.18 Å². The average Bonchev–Trinajstić information content (AvgIpc) is 2.42. The summed E-state index contributed by atoms with van der Waals surface area (Å²) < 4.78 is 12.6. The summed E-state index contributed by atoms with van der Waals surface area (Å²) >= 11 is 0. The first-order valence-corrected chi connectivity index (χ1v) is 4.31. The van der Waals surface area contributed by atoms with Gasteiger partial charge in [0.1, 0.15) is 5.82 Å². The third-order valence-electron chi connectivity index (χ3n) is 2.25. The van der Waals surface area contributed by atoms with E-state index in [4.69, 9.17) is 5.73 Å². The van der Waals surface area contributed by atoms with Gasteiger partial charge in [-0.3, -0.25) is 15.1 Å². The number of hydrogen-bond acceptors (Lipinski definition) is 4. The lowest BCUT2D eigenvalue weighted by Gasteiger charge is -2.16. The lowest BCUT2D eigenvalue weighted by Crippen LogP contribution is -2.37. The van der Waals surface area contributed by atoms with Crippen LogP contribution in [0.15, 0.2) is 23.3 Å². The lowest BCUT2D eigenvalue weighted by atomic mass is 9.98. The maximum absolute atomic E-state index is 12.6. The summed E-state index contributed by atoms with van der Waals surface area (Å²) in [4.78, 5) is 19.3. The molecule has 1 atom stereocenters. The summed E-state index contributed by atoms with van der Waals surface area (Å²) in [6.07, 6.45) is 1.04. The van der Waals surface area contributed by atoms with Crippen LogP contribution in [-0.4, -0.2) is 16.9 Å². The molecule has 3 N–H and O–H groups in total. The van der Waals surface area contributed by atoms with E-state index in [0.717, 1.165) is 6.20 Å². The van der Waals surface area contributed by atoms with Crippen molar-refractivity contribution in [3.05, 3.63) is 29.8 Å². The molecule has 0 bridgehead atoms. The summed E-state index contributed by atoms with van der Waals surface area (Å²) in [6, 6.07) is 2.64. The highest BCUT2D eigenvalue weighted by molar-refractivity contribution is 6.06. The fraction of sp³-hybridized carbons (Fsp3) is 0.222. The monoisotopic (exact) mass is 208 g/mol. The first-order chi connectivity index (χ1) is 7.02. The number of amides is 1. The molecule has 1 unspecified atom stereocenters. The van der Waals surface area contributed by atoms with Crippen LogP contribution >= 0.6 is 0 Å². The van der Waals surface area contributed by atoms with Crippen molar-refractivity contribution in [1.29, 1.82) is 0 Å². The summed E-state index contributed by atoms with van der Waals surface area (Å²) in [5.41, 5.74) is 4.59. The summed E-state index contributed by atoms with van der Waals surface area (Å²) in [6.45, 7) is 1.57. The summed E-state index contributed by atoms with van der Waals surface area (Å²) in [7, 11) is 0. The van der Waals surface area contributed by atoms with Crippen molar-refractivity contribution >= 4 is 11.9 Å². The molecule has 0 saturated heterocycles. The van der Waals surface area contributed by atoms with Gasteiger partial charge in [0.2, 0.25) is 0 Å². The van der Waals surface area contributed by atoms with Crippen molar-refractivity contribution in [2.24, 2.45) is 10.7 Å². The summed E-state index contributed by atoms with van der Waals surface area (Å²) in [5.74, 6) is -0.773. The number of halogens is 1. The minimum Gasteiger partial charge on any atom is -0.370 e. The first kappa shape index (κ1) is 9.57. The second-order valence-electron chi connectivity index (χ2n) is 3.39. The molecule has 1 aliphatic heterocycles. The number of rotatable bonds is 1. The van der Waals surface area contributed by atoms with Gasteiger partial charge in [-0.25, -0.2) is 9.38 Å². The Morgan fingerprint density at radius 2 is 2.27 bits per heavy atom. The fourth-order valence-corrected chi connectivity index (χ4v) is 1.40. The van der Waals surface area contributed by atoms with Crippen molar-refractivity contribution in [1.82, 2.24) is 10.3 Å². The Labute approximate surface area is 85.2 Å². The number of guanidine groups is 1. The molecule has 1 aromatic rings. The number of hydrogen-bond donors (Lipinski definition) is 2. The maximum atomic E-state index is 12.6. The van der Waals surface area contributed by atoms with Crippen molar-refractivity contribution in [2.75, 3.05) is 0 Å². The maximum Gasteiger partial charge on any atom is 0.260 e. The van der Waals surface area contributed by atoms with Crippen LogP contribution in [0.5, 0.6) is 0 Å². The van der Waals surface area contributed by atoms with E-state index in [-0.39, 0.29) is 11.9 Å². The highest BCUT2D eigenvalue weighted by Gasteiger charge is 2.41. The number of carbonyl (C=O) groups is 1. The Balaban J connectivity index is 2.46. The van der Waals surface area contributed by atoms with Gasteiger partial charge in [-0.05, 0) is 19.1 Å². The van der Waals surface area contributed by atoms with Gasteiger partial charge in [0.25, 0.3) is 5.91 Å². The third-order valence-corrected chi connectivity index (χ3v) is 2.25. The van der Waals surface area contributed by atoms with Crippen LogP contribution in [0.1, 0.15) is 12.6 Å². The Morgan fingerprint density at radius 3 is 2.73 bits per heavy atom. The molecule has 0 radical (unpaired) electrons. The highest BCUT2D eigenvalue weighted by atomic mass is 19.1. The predicted octanol–water partition coefficient (Wildman–Crippen LogP) is -0.120. The average molecular weight is 208 g/mol. The van der Waals surface area contributed by atoms with Crippen molar-refractivity contribution in [3.8, 4) is 0 Å². The van der Waals surface area contributed by atoms with Gasteiger partial charge in [-0.2, -0.15) is 0 Å². The molecule has 0 spiro atoms. The number of pyridine rings is 1. The molecule has 0 aliphatic carbocycles. The van der Waals surface area contributed by atoms with E-state index < -0.39 is 11.4 Å². The number of nitrogens with one attached hydrogen (secondary N) is 1. The van der Waals surface area contributed by atoms with Gasteiger partial charge in [0, 0.05) is 0 Å². The summed E-state index contributed by atoms with van der Waals surface area (Å²) in [5, 5.41) is 2.38. The number of nitrogens with zero attached hydrogens (tertiary/aromatic N) is 2. The van der Waals surface area contributed by atoms with Crippen molar-refractivity contribution in [2.45, 2.75) is 12.5 Å². The van der Waals surface area contributed by atoms with Gasteiger partial charge in [0.05, 0.1) is 11.9 Å². The number of nitrogens with two attached hydrogens (primary N) is 1. The van der Waals surface area contributed by atoms with E-state index in [9.17, 15) is 9.18 Å². The predicted molar refractivity (Wildman–Crippen MR) is 51.3 cm³/mol. The zero-order valence-electron chi connectivity index (χ0n) is 7.99. The minimum atomic E-state index is -1.15. The number of aliphatic imine (C=N–C) groups is 1. The van der Waals surface area contributed by atoms with Crippen LogP contribution in [0.25, 0.3) is 0 Å². The second kappa shape index (κ2) is 3.01.